The fourth-order valence-electron chi connectivity index (χ4n) is 2.44. The van der Waals surface area contributed by atoms with E-state index in [2.05, 4.69) is 12.0 Å². The van der Waals surface area contributed by atoms with Gasteiger partial charge >= 0.3 is 0 Å². The number of aromatic nitrogens is 2. The maximum atomic E-state index is 12.3. The maximum Gasteiger partial charge on any atom is 0.284 e. The number of carbonyl (C=O) groups excluding carboxylic acids is 1. The number of hydrogen-bond donors (Lipinski definition) is 0. The molecule has 1 aromatic carbocycles. The van der Waals surface area contributed by atoms with Gasteiger partial charge in [0.25, 0.3) is 5.91 Å². The molecule has 0 atom stereocenters. The first-order valence-corrected chi connectivity index (χ1v) is 7.30. The Morgan fingerprint density at radius 1 is 1.29 bits per heavy atom. The molecule has 112 valence electrons. The summed E-state index contributed by atoms with van der Waals surface area (Å²) in [6.07, 6.45) is 1.99. The lowest BCUT2D eigenvalue weighted by Crippen LogP contribution is -2.21. The lowest BCUT2D eigenvalue weighted by atomic mass is 10.1. The molecule has 21 heavy (non-hydrogen) atoms. The summed E-state index contributed by atoms with van der Waals surface area (Å²) in [7, 11) is 0. The van der Waals surface area contributed by atoms with Crippen molar-refractivity contribution in [2.75, 3.05) is 6.61 Å². The molecule has 1 heterocycles. The van der Waals surface area contributed by atoms with Crippen molar-refractivity contribution in [1.82, 2.24) is 9.78 Å². The van der Waals surface area contributed by atoms with Crippen molar-refractivity contribution in [3.05, 3.63) is 46.8 Å². The van der Waals surface area contributed by atoms with Gasteiger partial charge in [-0.05, 0) is 50.5 Å². The Hall–Kier alpha value is -2.10. The molecule has 0 N–H and O–H groups in total. The van der Waals surface area contributed by atoms with Crippen molar-refractivity contribution in [2.45, 2.75) is 40.5 Å². The van der Waals surface area contributed by atoms with E-state index in [9.17, 15) is 4.79 Å². The SMILES string of the molecule is CCCc1c(C)nn(C(=O)COc2cccc(C)c2)c1C. The fourth-order valence-corrected chi connectivity index (χ4v) is 2.44. The molecular formula is C17H22N2O2. The molecule has 0 fully saturated rings. The van der Waals surface area contributed by atoms with E-state index >= 15 is 0 Å². The van der Waals surface area contributed by atoms with Gasteiger partial charge in [0.1, 0.15) is 5.75 Å². The summed E-state index contributed by atoms with van der Waals surface area (Å²) in [4.78, 5) is 12.3. The lowest BCUT2D eigenvalue weighted by molar-refractivity contribution is 0.0818. The maximum absolute atomic E-state index is 12.3. The molecule has 0 bridgehead atoms. The Bertz CT molecular complexity index is 644. The number of benzene rings is 1. The van der Waals surface area contributed by atoms with Crippen LogP contribution in [0, 0.1) is 20.8 Å². The van der Waals surface area contributed by atoms with Crippen LogP contribution in [0.1, 0.15) is 40.7 Å². The number of rotatable bonds is 5. The summed E-state index contributed by atoms with van der Waals surface area (Å²) in [5.41, 5.74) is 4.13. The first kappa shape index (κ1) is 15.3. The normalized spacial score (nSPS) is 10.7. The molecule has 0 radical (unpaired) electrons. The highest BCUT2D eigenvalue weighted by Gasteiger charge is 2.16. The van der Waals surface area contributed by atoms with Crippen molar-refractivity contribution in [2.24, 2.45) is 0 Å². The van der Waals surface area contributed by atoms with Crippen LogP contribution in [0.25, 0.3) is 0 Å². The van der Waals surface area contributed by atoms with Gasteiger partial charge in [-0.15, -0.1) is 0 Å². The Kier molecular flexibility index (Phi) is 4.78. The van der Waals surface area contributed by atoms with Gasteiger partial charge in [0.2, 0.25) is 0 Å². The van der Waals surface area contributed by atoms with Crippen LogP contribution in [0.4, 0.5) is 0 Å². The van der Waals surface area contributed by atoms with Crippen molar-refractivity contribution in [1.29, 1.82) is 0 Å². The van der Waals surface area contributed by atoms with Gasteiger partial charge in [0.05, 0.1) is 5.69 Å². The van der Waals surface area contributed by atoms with E-state index in [0.29, 0.717) is 5.75 Å². The molecule has 0 unspecified atom stereocenters. The van der Waals surface area contributed by atoms with Crippen LogP contribution < -0.4 is 4.74 Å². The van der Waals surface area contributed by atoms with Gasteiger partial charge in [-0.1, -0.05) is 25.5 Å². The molecule has 0 saturated heterocycles. The predicted octanol–water partition coefficient (Wildman–Crippen LogP) is 3.48. The Morgan fingerprint density at radius 3 is 2.71 bits per heavy atom. The number of ether oxygens (including phenoxy) is 1. The number of aryl methyl sites for hydroxylation is 2. The minimum Gasteiger partial charge on any atom is -0.484 e. The smallest absolute Gasteiger partial charge is 0.284 e. The predicted molar refractivity (Wildman–Crippen MR) is 83.0 cm³/mol. The molecule has 1 aromatic heterocycles. The quantitative estimate of drug-likeness (QED) is 0.845. The molecule has 0 amide bonds. The van der Waals surface area contributed by atoms with Gasteiger partial charge < -0.3 is 4.74 Å². The van der Waals surface area contributed by atoms with E-state index in [1.807, 2.05) is 45.0 Å². The molecule has 2 aromatic rings. The van der Waals surface area contributed by atoms with Gasteiger partial charge in [-0.3, -0.25) is 4.79 Å². The Labute approximate surface area is 125 Å². The summed E-state index contributed by atoms with van der Waals surface area (Å²) in [6, 6.07) is 7.67. The van der Waals surface area contributed by atoms with Crippen LogP contribution in [0.15, 0.2) is 24.3 Å². The average molecular weight is 286 g/mol. The van der Waals surface area contributed by atoms with E-state index in [4.69, 9.17) is 4.74 Å². The van der Waals surface area contributed by atoms with Crippen molar-refractivity contribution < 1.29 is 9.53 Å². The minimum atomic E-state index is -0.139. The zero-order chi connectivity index (χ0) is 15.4. The molecule has 4 nitrogen and oxygen atoms in total. The first-order chi connectivity index (χ1) is 10.0. The minimum absolute atomic E-state index is 0.00300. The topological polar surface area (TPSA) is 44.1 Å². The largest absolute Gasteiger partial charge is 0.484 e. The number of hydrogen-bond acceptors (Lipinski definition) is 3. The zero-order valence-electron chi connectivity index (χ0n) is 13.1. The lowest BCUT2D eigenvalue weighted by Gasteiger charge is -2.07. The molecule has 4 heteroatoms. The first-order valence-electron chi connectivity index (χ1n) is 7.30. The summed E-state index contributed by atoms with van der Waals surface area (Å²) in [5.74, 6) is 0.568. The van der Waals surface area contributed by atoms with Crippen LogP contribution in [0.2, 0.25) is 0 Å². The molecule has 0 spiro atoms. The second kappa shape index (κ2) is 6.57. The van der Waals surface area contributed by atoms with Crippen molar-refractivity contribution in [3.63, 3.8) is 0 Å². The number of carbonyl (C=O) groups is 1. The fraction of sp³-hybridized carbons (Fsp3) is 0.412. The third-order valence-electron chi connectivity index (χ3n) is 3.53. The van der Waals surface area contributed by atoms with Crippen molar-refractivity contribution in [3.8, 4) is 5.75 Å². The van der Waals surface area contributed by atoms with Crippen LogP contribution in [0.5, 0.6) is 5.75 Å². The molecule has 0 aliphatic heterocycles. The third-order valence-corrected chi connectivity index (χ3v) is 3.53. The molecule has 2 rings (SSSR count). The van der Waals surface area contributed by atoms with Crippen LogP contribution in [-0.4, -0.2) is 22.3 Å². The van der Waals surface area contributed by atoms with Gasteiger partial charge in [0, 0.05) is 5.69 Å². The van der Waals surface area contributed by atoms with E-state index < -0.39 is 0 Å². The van der Waals surface area contributed by atoms with E-state index in [-0.39, 0.29) is 12.5 Å². The number of nitrogens with zero attached hydrogens (tertiary/aromatic N) is 2. The highest BCUT2D eigenvalue weighted by atomic mass is 16.5. The average Bonchev–Trinajstić information content (AvgIpc) is 2.73. The van der Waals surface area contributed by atoms with Crippen molar-refractivity contribution >= 4 is 5.91 Å². The summed E-state index contributed by atoms with van der Waals surface area (Å²) in [5, 5.41) is 4.35. The van der Waals surface area contributed by atoms with E-state index in [0.717, 1.165) is 29.8 Å². The molecular weight excluding hydrogens is 264 g/mol. The zero-order valence-corrected chi connectivity index (χ0v) is 13.1. The standard InChI is InChI=1S/C17H22N2O2/c1-5-7-16-13(3)18-19(14(16)4)17(20)11-21-15-9-6-8-12(2)10-15/h6,8-10H,5,7,11H2,1-4H3. The Morgan fingerprint density at radius 2 is 2.05 bits per heavy atom. The highest BCUT2D eigenvalue weighted by Crippen LogP contribution is 2.16. The molecule has 0 aliphatic rings. The summed E-state index contributed by atoms with van der Waals surface area (Å²) >= 11 is 0. The van der Waals surface area contributed by atoms with Gasteiger partial charge in [-0.2, -0.15) is 5.10 Å². The molecule has 0 saturated carbocycles. The van der Waals surface area contributed by atoms with Crippen LogP contribution in [0.3, 0.4) is 0 Å². The van der Waals surface area contributed by atoms with Gasteiger partial charge in [0.15, 0.2) is 6.61 Å². The second-order valence-electron chi connectivity index (χ2n) is 5.31. The van der Waals surface area contributed by atoms with Crippen LogP contribution >= 0.6 is 0 Å². The third kappa shape index (κ3) is 3.51. The summed E-state index contributed by atoms with van der Waals surface area (Å²) in [6.45, 7) is 8.00. The van der Waals surface area contributed by atoms with Gasteiger partial charge in [-0.25, -0.2) is 4.68 Å². The summed E-state index contributed by atoms with van der Waals surface area (Å²) < 4.78 is 7.03. The second-order valence-corrected chi connectivity index (χ2v) is 5.31. The van der Waals surface area contributed by atoms with E-state index in [1.165, 1.54) is 10.2 Å². The Balaban J connectivity index is 2.09. The highest BCUT2D eigenvalue weighted by molar-refractivity contribution is 5.80. The monoisotopic (exact) mass is 286 g/mol. The van der Waals surface area contributed by atoms with E-state index in [1.54, 1.807) is 0 Å². The molecule has 0 aliphatic carbocycles. The van der Waals surface area contributed by atoms with Crippen LogP contribution in [-0.2, 0) is 6.42 Å².